The molecule has 0 aliphatic heterocycles. The largest absolute Gasteiger partial charge is 0.323 e. The van der Waals surface area contributed by atoms with Crippen LogP contribution in [0.25, 0.3) is 0 Å². The van der Waals surface area contributed by atoms with E-state index in [1.807, 2.05) is 6.07 Å². The Hall–Kier alpha value is -0.930. The minimum Gasteiger partial charge on any atom is -0.323 e. The molecule has 0 saturated carbocycles. The van der Waals surface area contributed by atoms with Crippen LogP contribution in [0.1, 0.15) is 38.8 Å². The Balaban J connectivity index is 2.62. The zero-order chi connectivity index (χ0) is 13.5. The van der Waals surface area contributed by atoms with E-state index in [2.05, 4.69) is 25.7 Å². The van der Waals surface area contributed by atoms with Gasteiger partial charge in [0.1, 0.15) is 5.82 Å². The van der Waals surface area contributed by atoms with E-state index in [-0.39, 0.29) is 11.9 Å². The average molecular weight is 252 g/mol. The summed E-state index contributed by atoms with van der Waals surface area (Å²) in [6.45, 7) is 9.23. The van der Waals surface area contributed by atoms with Crippen molar-refractivity contribution in [2.24, 2.45) is 11.7 Å². The van der Waals surface area contributed by atoms with Crippen LogP contribution in [0.3, 0.4) is 0 Å². The van der Waals surface area contributed by atoms with E-state index in [0.29, 0.717) is 18.0 Å². The zero-order valence-corrected chi connectivity index (χ0v) is 11.7. The Kier molecular flexibility index (Phi) is 6.30. The molecular weight excluding hydrogens is 227 g/mol. The number of nitrogens with two attached hydrogens (primary N) is 1. The van der Waals surface area contributed by atoms with Crippen LogP contribution in [-0.4, -0.2) is 24.5 Å². The molecular formula is C15H25FN2. The number of hydrogen-bond donors (Lipinski definition) is 1. The topological polar surface area (TPSA) is 29.3 Å². The van der Waals surface area contributed by atoms with Crippen molar-refractivity contribution in [2.75, 3.05) is 19.6 Å². The Labute approximate surface area is 110 Å². The van der Waals surface area contributed by atoms with Gasteiger partial charge >= 0.3 is 0 Å². The van der Waals surface area contributed by atoms with Crippen LogP contribution < -0.4 is 5.73 Å². The molecule has 0 fully saturated rings. The number of halogens is 1. The van der Waals surface area contributed by atoms with Gasteiger partial charge in [-0.15, -0.1) is 0 Å². The second-order valence-electron chi connectivity index (χ2n) is 4.99. The summed E-state index contributed by atoms with van der Waals surface area (Å²) >= 11 is 0. The molecule has 0 aliphatic rings. The van der Waals surface area contributed by atoms with E-state index in [9.17, 15) is 4.39 Å². The van der Waals surface area contributed by atoms with E-state index in [4.69, 9.17) is 5.73 Å². The normalized spacial score (nSPS) is 14.8. The van der Waals surface area contributed by atoms with Crippen molar-refractivity contribution < 1.29 is 4.39 Å². The van der Waals surface area contributed by atoms with E-state index >= 15 is 0 Å². The fourth-order valence-corrected chi connectivity index (χ4v) is 2.05. The SMILES string of the molecule is CCC(C)CN(CC)CC(N)c1ccccc1F. The third-order valence-electron chi connectivity index (χ3n) is 3.47. The predicted octanol–water partition coefficient (Wildman–Crippen LogP) is 3.19. The lowest BCUT2D eigenvalue weighted by molar-refractivity contribution is 0.231. The Morgan fingerprint density at radius 3 is 2.44 bits per heavy atom. The van der Waals surface area contributed by atoms with Gasteiger partial charge in [0.25, 0.3) is 0 Å². The predicted molar refractivity (Wildman–Crippen MR) is 74.9 cm³/mol. The molecule has 0 heterocycles. The summed E-state index contributed by atoms with van der Waals surface area (Å²) in [7, 11) is 0. The molecule has 0 spiro atoms. The molecule has 0 amide bonds. The van der Waals surface area contributed by atoms with Crippen molar-refractivity contribution in [1.82, 2.24) is 4.90 Å². The molecule has 0 saturated heterocycles. The maximum atomic E-state index is 13.6. The van der Waals surface area contributed by atoms with Crippen molar-refractivity contribution in [3.8, 4) is 0 Å². The van der Waals surface area contributed by atoms with Gasteiger partial charge in [0.05, 0.1) is 0 Å². The van der Waals surface area contributed by atoms with Gasteiger partial charge in [-0.05, 0) is 18.5 Å². The smallest absolute Gasteiger partial charge is 0.128 e. The van der Waals surface area contributed by atoms with Crippen molar-refractivity contribution in [2.45, 2.75) is 33.2 Å². The van der Waals surface area contributed by atoms with Gasteiger partial charge in [-0.25, -0.2) is 4.39 Å². The van der Waals surface area contributed by atoms with Crippen molar-refractivity contribution >= 4 is 0 Å². The fraction of sp³-hybridized carbons (Fsp3) is 0.600. The molecule has 1 aromatic rings. The van der Waals surface area contributed by atoms with E-state index in [1.54, 1.807) is 12.1 Å². The van der Waals surface area contributed by atoms with Gasteiger partial charge in [0.2, 0.25) is 0 Å². The van der Waals surface area contributed by atoms with Gasteiger partial charge in [-0.3, -0.25) is 0 Å². The molecule has 2 unspecified atom stereocenters. The lowest BCUT2D eigenvalue weighted by Crippen LogP contribution is -2.35. The highest BCUT2D eigenvalue weighted by Gasteiger charge is 2.15. The van der Waals surface area contributed by atoms with Crippen LogP contribution in [0.4, 0.5) is 4.39 Å². The van der Waals surface area contributed by atoms with Gasteiger partial charge in [-0.2, -0.15) is 0 Å². The highest BCUT2D eigenvalue weighted by molar-refractivity contribution is 5.21. The quantitative estimate of drug-likeness (QED) is 0.807. The minimum absolute atomic E-state index is 0.204. The van der Waals surface area contributed by atoms with Crippen LogP contribution >= 0.6 is 0 Å². The Morgan fingerprint density at radius 1 is 1.22 bits per heavy atom. The second kappa shape index (κ2) is 7.49. The fourth-order valence-electron chi connectivity index (χ4n) is 2.05. The molecule has 1 aromatic carbocycles. The summed E-state index contributed by atoms with van der Waals surface area (Å²) in [6.07, 6.45) is 1.16. The summed E-state index contributed by atoms with van der Waals surface area (Å²) in [5.74, 6) is 0.447. The maximum absolute atomic E-state index is 13.6. The summed E-state index contributed by atoms with van der Waals surface area (Å²) in [6, 6.07) is 6.53. The van der Waals surface area contributed by atoms with Crippen molar-refractivity contribution in [3.05, 3.63) is 35.6 Å². The molecule has 0 aromatic heterocycles. The number of nitrogens with zero attached hydrogens (tertiary/aromatic N) is 1. The number of likely N-dealkylation sites (N-methyl/N-ethyl adjacent to an activating group) is 1. The second-order valence-corrected chi connectivity index (χ2v) is 4.99. The van der Waals surface area contributed by atoms with Crippen LogP contribution in [0.5, 0.6) is 0 Å². The number of hydrogen-bond acceptors (Lipinski definition) is 2. The Bertz CT molecular complexity index is 354. The third-order valence-corrected chi connectivity index (χ3v) is 3.47. The first kappa shape index (κ1) is 15.1. The molecule has 18 heavy (non-hydrogen) atoms. The van der Waals surface area contributed by atoms with E-state index in [1.165, 1.54) is 6.07 Å². The highest BCUT2D eigenvalue weighted by Crippen LogP contribution is 2.16. The molecule has 3 heteroatoms. The third kappa shape index (κ3) is 4.39. The molecule has 2 N–H and O–H groups in total. The van der Waals surface area contributed by atoms with E-state index in [0.717, 1.165) is 19.5 Å². The molecule has 2 nitrogen and oxygen atoms in total. The van der Waals surface area contributed by atoms with Crippen molar-refractivity contribution in [3.63, 3.8) is 0 Å². The molecule has 2 atom stereocenters. The van der Waals surface area contributed by atoms with Crippen LogP contribution in [-0.2, 0) is 0 Å². The summed E-state index contributed by atoms with van der Waals surface area (Å²) in [5, 5.41) is 0. The summed E-state index contributed by atoms with van der Waals surface area (Å²) in [4.78, 5) is 2.30. The Morgan fingerprint density at radius 2 is 1.89 bits per heavy atom. The number of benzene rings is 1. The van der Waals surface area contributed by atoms with Crippen molar-refractivity contribution in [1.29, 1.82) is 0 Å². The maximum Gasteiger partial charge on any atom is 0.128 e. The van der Waals surface area contributed by atoms with Gasteiger partial charge in [0.15, 0.2) is 0 Å². The van der Waals surface area contributed by atoms with Gasteiger partial charge < -0.3 is 10.6 Å². The first-order valence-electron chi connectivity index (χ1n) is 6.80. The zero-order valence-electron chi connectivity index (χ0n) is 11.7. The summed E-state index contributed by atoms with van der Waals surface area (Å²) < 4.78 is 13.6. The minimum atomic E-state index is -0.254. The lowest BCUT2D eigenvalue weighted by Gasteiger charge is -2.27. The standard InChI is InChI=1S/C15H25FN2/c1-4-12(3)10-18(5-2)11-15(17)13-8-6-7-9-14(13)16/h6-9,12,15H,4-5,10-11,17H2,1-3H3. The van der Waals surface area contributed by atoms with E-state index < -0.39 is 0 Å². The van der Waals surface area contributed by atoms with Crippen LogP contribution in [0.2, 0.25) is 0 Å². The van der Waals surface area contributed by atoms with Crippen LogP contribution in [0.15, 0.2) is 24.3 Å². The monoisotopic (exact) mass is 252 g/mol. The molecule has 102 valence electrons. The first-order chi connectivity index (χ1) is 8.58. The molecule has 1 rings (SSSR count). The van der Waals surface area contributed by atoms with Gasteiger partial charge in [0, 0.05) is 24.7 Å². The van der Waals surface area contributed by atoms with Crippen LogP contribution in [0, 0.1) is 11.7 Å². The average Bonchev–Trinajstić information content (AvgIpc) is 2.38. The molecule has 0 bridgehead atoms. The lowest BCUT2D eigenvalue weighted by atomic mass is 10.0. The van der Waals surface area contributed by atoms with Gasteiger partial charge in [-0.1, -0.05) is 45.4 Å². The molecule has 0 aliphatic carbocycles. The first-order valence-corrected chi connectivity index (χ1v) is 6.80. The molecule has 0 radical (unpaired) electrons. The number of rotatable bonds is 7. The highest BCUT2D eigenvalue weighted by atomic mass is 19.1. The summed E-state index contributed by atoms with van der Waals surface area (Å²) in [5.41, 5.74) is 6.72.